The first-order valence-electron chi connectivity index (χ1n) is 11.5. The van der Waals surface area contributed by atoms with Crippen LogP contribution in [0.1, 0.15) is 19.7 Å². The largest absolute Gasteiger partial charge is 0.368 e. The fourth-order valence-electron chi connectivity index (χ4n) is 4.14. The summed E-state index contributed by atoms with van der Waals surface area (Å²) >= 11 is 6.13. The number of nitrogens with zero attached hydrogens (tertiary/aromatic N) is 4. The van der Waals surface area contributed by atoms with E-state index in [1.165, 1.54) is 10.4 Å². The Bertz CT molecular complexity index is 1330. The van der Waals surface area contributed by atoms with Crippen LogP contribution in [0.2, 0.25) is 5.02 Å². The van der Waals surface area contributed by atoms with E-state index >= 15 is 0 Å². The molecule has 0 unspecified atom stereocenters. The van der Waals surface area contributed by atoms with Gasteiger partial charge in [0.1, 0.15) is 22.6 Å². The zero-order valence-corrected chi connectivity index (χ0v) is 21.3. The van der Waals surface area contributed by atoms with E-state index < -0.39 is 22.0 Å². The van der Waals surface area contributed by atoms with Gasteiger partial charge in [-0.25, -0.2) is 18.4 Å². The van der Waals surface area contributed by atoms with E-state index in [4.69, 9.17) is 27.3 Å². The van der Waals surface area contributed by atoms with Gasteiger partial charge in [0.15, 0.2) is 0 Å². The Balaban J connectivity index is 1.51. The van der Waals surface area contributed by atoms with Gasteiger partial charge in [-0.15, -0.1) is 0 Å². The smallest absolute Gasteiger partial charge is 0.244 e. The maximum absolute atomic E-state index is 13.0. The first kappa shape index (κ1) is 25.3. The number of aromatic nitrogens is 2. The normalized spacial score (nSPS) is 16.5. The van der Waals surface area contributed by atoms with E-state index in [1.54, 1.807) is 18.2 Å². The number of primary amides is 1. The molecule has 0 saturated carbocycles. The molecule has 1 fully saturated rings. The summed E-state index contributed by atoms with van der Waals surface area (Å²) in [6.07, 6.45) is 0. The van der Waals surface area contributed by atoms with Crippen molar-refractivity contribution in [3.8, 4) is 0 Å². The molecule has 3 aromatic rings. The molecule has 9 nitrogen and oxygen atoms in total. The third-order valence-electron chi connectivity index (χ3n) is 6.07. The quantitative estimate of drug-likeness (QED) is 0.472. The predicted octanol–water partition coefficient (Wildman–Crippen LogP) is 2.71. The number of anilines is 1. The van der Waals surface area contributed by atoms with E-state index in [9.17, 15) is 13.2 Å². The van der Waals surface area contributed by atoms with Gasteiger partial charge < -0.3 is 11.1 Å². The van der Waals surface area contributed by atoms with E-state index in [2.05, 4.69) is 10.2 Å². The molecule has 1 aromatic heterocycles. The molecule has 4 rings (SSSR count). The van der Waals surface area contributed by atoms with Crippen LogP contribution in [-0.2, 0) is 21.4 Å². The van der Waals surface area contributed by atoms with Crippen molar-refractivity contribution in [2.75, 3.05) is 31.5 Å². The van der Waals surface area contributed by atoms with E-state index in [0.717, 1.165) is 10.9 Å². The first-order chi connectivity index (χ1) is 16.7. The number of nitrogens with two attached hydrogens (primary N) is 1. The van der Waals surface area contributed by atoms with E-state index in [0.29, 0.717) is 44.4 Å². The third kappa shape index (κ3) is 5.56. The molecule has 1 aliphatic rings. The lowest BCUT2D eigenvalue weighted by Crippen LogP contribution is -2.48. The number of hydrogen-bond donors (Lipinski definition) is 2. The molecular formula is C24H29ClN6O3S. The highest BCUT2D eigenvalue weighted by molar-refractivity contribution is 7.89. The Hall–Kier alpha value is -2.79. The molecule has 2 heterocycles. The van der Waals surface area contributed by atoms with Gasteiger partial charge in [0, 0.05) is 31.6 Å². The fraction of sp³-hybridized carbons (Fsp3) is 0.375. The number of para-hydroxylation sites is 1. The summed E-state index contributed by atoms with van der Waals surface area (Å²) in [5.41, 5.74) is 6.36. The fourth-order valence-corrected chi connectivity index (χ4v) is 6.06. The van der Waals surface area contributed by atoms with Crippen molar-refractivity contribution in [3.05, 3.63) is 59.4 Å². The first-order valence-corrected chi connectivity index (χ1v) is 13.3. The van der Waals surface area contributed by atoms with Gasteiger partial charge in [-0.1, -0.05) is 49.7 Å². The molecule has 0 radical (unpaired) electrons. The number of nitrogens with one attached hydrogen (secondary N) is 1. The second-order valence-corrected chi connectivity index (χ2v) is 11.2. The van der Waals surface area contributed by atoms with Crippen molar-refractivity contribution < 1.29 is 13.2 Å². The van der Waals surface area contributed by atoms with Gasteiger partial charge in [-0.3, -0.25) is 9.69 Å². The molecule has 0 aliphatic carbocycles. The predicted molar refractivity (Wildman–Crippen MR) is 136 cm³/mol. The van der Waals surface area contributed by atoms with Crippen LogP contribution in [0.25, 0.3) is 10.9 Å². The SMILES string of the molecule is CC(C)[C@H](Nc1nc(CN2CCN(S(=O)(=O)c3ccccc3Cl)CC2)nc2ccccc12)C(N)=O. The highest BCUT2D eigenvalue weighted by Crippen LogP contribution is 2.26. The maximum atomic E-state index is 13.0. The van der Waals surface area contributed by atoms with Crippen LogP contribution in [0.5, 0.6) is 0 Å². The topological polar surface area (TPSA) is 122 Å². The summed E-state index contributed by atoms with van der Waals surface area (Å²) in [5, 5.41) is 4.23. The molecule has 1 amide bonds. The number of halogens is 1. The minimum atomic E-state index is -3.66. The Labute approximate surface area is 210 Å². The highest BCUT2D eigenvalue weighted by atomic mass is 35.5. The summed E-state index contributed by atoms with van der Waals surface area (Å²) in [6.45, 7) is 6.01. The molecule has 186 valence electrons. The van der Waals surface area contributed by atoms with Crippen molar-refractivity contribution in [1.82, 2.24) is 19.2 Å². The molecular weight excluding hydrogens is 488 g/mol. The lowest BCUT2D eigenvalue weighted by atomic mass is 10.0. The van der Waals surface area contributed by atoms with Gasteiger partial charge in [0.05, 0.1) is 17.1 Å². The number of hydrogen-bond acceptors (Lipinski definition) is 7. The van der Waals surface area contributed by atoms with Crippen LogP contribution in [0.3, 0.4) is 0 Å². The average molecular weight is 517 g/mol. The summed E-state index contributed by atoms with van der Waals surface area (Å²) in [6, 6.07) is 13.5. The summed E-state index contributed by atoms with van der Waals surface area (Å²) in [4.78, 5) is 23.6. The maximum Gasteiger partial charge on any atom is 0.244 e. The Morgan fingerprint density at radius 1 is 1.06 bits per heavy atom. The molecule has 0 bridgehead atoms. The van der Waals surface area contributed by atoms with E-state index in [-0.39, 0.29) is 15.8 Å². The Morgan fingerprint density at radius 2 is 1.71 bits per heavy atom. The molecule has 11 heteroatoms. The van der Waals surface area contributed by atoms with Crippen molar-refractivity contribution in [1.29, 1.82) is 0 Å². The molecule has 3 N–H and O–H groups in total. The molecule has 1 aliphatic heterocycles. The number of sulfonamides is 1. The standard InChI is InChI=1S/C24H29ClN6O3S/c1-16(2)22(23(26)32)29-24-17-7-3-5-9-19(17)27-21(28-24)15-30-11-13-31(14-12-30)35(33,34)20-10-6-4-8-18(20)25/h3-10,16,22H,11-15H2,1-2H3,(H2,26,32)(H,27,28,29)/t22-/m0/s1. The van der Waals surface area contributed by atoms with E-state index in [1.807, 2.05) is 38.1 Å². The zero-order valence-electron chi connectivity index (χ0n) is 19.7. The zero-order chi connectivity index (χ0) is 25.2. The third-order valence-corrected chi connectivity index (χ3v) is 8.46. The van der Waals surface area contributed by atoms with Crippen molar-refractivity contribution in [2.45, 2.75) is 31.3 Å². The second kappa shape index (κ2) is 10.4. The van der Waals surface area contributed by atoms with Crippen molar-refractivity contribution in [2.24, 2.45) is 11.7 Å². The van der Waals surface area contributed by atoms with Crippen LogP contribution in [-0.4, -0.2) is 65.7 Å². The number of amides is 1. The summed E-state index contributed by atoms with van der Waals surface area (Å²) in [5.74, 6) is 0.682. The molecule has 0 spiro atoms. The number of rotatable bonds is 8. The Morgan fingerprint density at radius 3 is 2.37 bits per heavy atom. The second-order valence-electron chi connectivity index (χ2n) is 8.88. The monoisotopic (exact) mass is 516 g/mol. The van der Waals surface area contributed by atoms with Crippen molar-refractivity contribution >= 4 is 44.3 Å². The van der Waals surface area contributed by atoms with Crippen LogP contribution >= 0.6 is 11.6 Å². The average Bonchev–Trinajstić information content (AvgIpc) is 2.82. The van der Waals surface area contributed by atoms with Crippen LogP contribution < -0.4 is 11.1 Å². The van der Waals surface area contributed by atoms with Gasteiger partial charge in [0.25, 0.3) is 0 Å². The highest BCUT2D eigenvalue weighted by Gasteiger charge is 2.30. The minimum Gasteiger partial charge on any atom is -0.368 e. The van der Waals surface area contributed by atoms with Crippen LogP contribution in [0.15, 0.2) is 53.4 Å². The summed E-state index contributed by atoms with van der Waals surface area (Å²) in [7, 11) is -3.66. The Kier molecular flexibility index (Phi) is 7.56. The number of carbonyl (C=O) groups excluding carboxylic acids is 1. The molecule has 1 saturated heterocycles. The van der Waals surface area contributed by atoms with Gasteiger partial charge >= 0.3 is 0 Å². The van der Waals surface area contributed by atoms with Gasteiger partial charge in [-0.05, 0) is 30.2 Å². The summed E-state index contributed by atoms with van der Waals surface area (Å²) < 4.78 is 27.5. The molecule has 35 heavy (non-hydrogen) atoms. The van der Waals surface area contributed by atoms with Crippen LogP contribution in [0.4, 0.5) is 5.82 Å². The number of piperazine rings is 1. The van der Waals surface area contributed by atoms with Crippen molar-refractivity contribution in [3.63, 3.8) is 0 Å². The lowest BCUT2D eigenvalue weighted by Gasteiger charge is -2.33. The number of benzene rings is 2. The lowest BCUT2D eigenvalue weighted by molar-refractivity contribution is -0.119. The van der Waals surface area contributed by atoms with Gasteiger partial charge in [-0.2, -0.15) is 4.31 Å². The number of fused-ring (bicyclic) bond motifs is 1. The van der Waals surface area contributed by atoms with Crippen LogP contribution in [0, 0.1) is 5.92 Å². The molecule has 2 aromatic carbocycles. The molecule has 1 atom stereocenters. The minimum absolute atomic E-state index is 0.0159. The van der Waals surface area contributed by atoms with Gasteiger partial charge in [0.2, 0.25) is 15.9 Å². The number of carbonyl (C=O) groups is 1.